The van der Waals surface area contributed by atoms with E-state index in [9.17, 15) is 4.79 Å². The number of carbonyl (C=O) groups excluding carboxylic acids is 1. The van der Waals surface area contributed by atoms with Gasteiger partial charge in [-0.15, -0.1) is 0 Å². The van der Waals surface area contributed by atoms with Crippen LogP contribution in [0.4, 0.5) is 0 Å². The lowest BCUT2D eigenvalue weighted by Crippen LogP contribution is -3.15. The van der Waals surface area contributed by atoms with Gasteiger partial charge in [-0.3, -0.25) is 0 Å². The van der Waals surface area contributed by atoms with Crippen molar-refractivity contribution in [2.24, 2.45) is 0 Å². The molecule has 0 amide bonds. The van der Waals surface area contributed by atoms with Crippen molar-refractivity contribution in [3.05, 3.63) is 70.7 Å². The minimum absolute atomic E-state index is 0. The largest absolute Gasteiger partial charge is 1.00 e. The van der Waals surface area contributed by atoms with Crippen LogP contribution in [0.2, 0.25) is 5.02 Å². The highest BCUT2D eigenvalue weighted by atomic mass is 35.5. The standard InChI is InChI=1S/C23H24ClNO2.ClH/c1-25-19-11-12-20(25)15-21(14-19)27-23(26)22(17-5-3-2-4-6-17)13-16-7-9-18(24)10-8-16;/h2-10,13,19-21H,11-12,14-15H2,1H3;1H/b22-13+;. The first-order chi connectivity index (χ1) is 13.1. The number of quaternary nitrogens is 1. The summed E-state index contributed by atoms with van der Waals surface area (Å²) < 4.78 is 5.99. The Morgan fingerprint density at radius 2 is 1.64 bits per heavy atom. The zero-order valence-electron chi connectivity index (χ0n) is 15.9. The van der Waals surface area contributed by atoms with Crippen LogP contribution in [0.3, 0.4) is 0 Å². The number of ether oxygens (including phenoxy) is 1. The molecular formula is C23H25Cl2NO2. The molecule has 0 spiro atoms. The molecule has 2 unspecified atom stereocenters. The number of carbonyl (C=O) groups is 1. The zero-order chi connectivity index (χ0) is 18.8. The summed E-state index contributed by atoms with van der Waals surface area (Å²) in [5.41, 5.74) is 2.40. The highest BCUT2D eigenvalue weighted by Gasteiger charge is 2.43. The van der Waals surface area contributed by atoms with Gasteiger partial charge in [0.1, 0.15) is 6.10 Å². The number of hydrogen-bond acceptors (Lipinski definition) is 2. The third kappa shape index (κ3) is 4.60. The molecule has 2 aliphatic rings. The summed E-state index contributed by atoms with van der Waals surface area (Å²) >= 11 is 5.99. The molecule has 1 N–H and O–H groups in total. The molecule has 2 bridgehead atoms. The third-order valence-corrected chi connectivity index (χ3v) is 6.26. The second kappa shape index (κ2) is 9.13. The fourth-order valence-electron chi connectivity index (χ4n) is 4.44. The Bertz CT molecular complexity index is 821. The zero-order valence-corrected chi connectivity index (χ0v) is 17.4. The first-order valence-electron chi connectivity index (χ1n) is 9.67. The van der Waals surface area contributed by atoms with Crippen molar-refractivity contribution in [1.29, 1.82) is 0 Å². The first-order valence-corrected chi connectivity index (χ1v) is 10.0. The second-order valence-electron chi connectivity index (χ2n) is 7.69. The predicted molar refractivity (Wildman–Crippen MR) is 109 cm³/mol. The number of benzene rings is 2. The van der Waals surface area contributed by atoms with Gasteiger partial charge in [0.25, 0.3) is 0 Å². The normalized spacial score (nSPS) is 26.4. The van der Waals surface area contributed by atoms with Gasteiger partial charge in [-0.1, -0.05) is 54.1 Å². The summed E-state index contributed by atoms with van der Waals surface area (Å²) in [6.07, 6.45) is 6.35. The summed E-state index contributed by atoms with van der Waals surface area (Å²) in [4.78, 5) is 14.7. The lowest BCUT2D eigenvalue weighted by molar-refractivity contribution is -0.923. The maximum absolute atomic E-state index is 13.1. The van der Waals surface area contributed by atoms with E-state index in [1.807, 2.05) is 60.7 Å². The number of esters is 1. The van der Waals surface area contributed by atoms with E-state index in [1.54, 1.807) is 4.90 Å². The van der Waals surface area contributed by atoms with Gasteiger partial charge < -0.3 is 22.0 Å². The number of piperidine rings is 1. The van der Waals surface area contributed by atoms with Crippen LogP contribution in [-0.2, 0) is 9.53 Å². The van der Waals surface area contributed by atoms with Crippen molar-refractivity contribution in [2.45, 2.75) is 43.9 Å². The number of nitrogens with one attached hydrogen (secondary N) is 1. The van der Waals surface area contributed by atoms with E-state index >= 15 is 0 Å². The molecule has 2 aliphatic heterocycles. The van der Waals surface area contributed by atoms with Gasteiger partial charge in [-0.25, -0.2) is 4.79 Å². The van der Waals surface area contributed by atoms with Crippen LogP contribution in [0, 0.1) is 0 Å². The van der Waals surface area contributed by atoms with Gasteiger partial charge in [0.05, 0.1) is 24.7 Å². The number of halogens is 2. The monoisotopic (exact) mass is 417 g/mol. The van der Waals surface area contributed by atoms with E-state index in [2.05, 4.69) is 7.05 Å². The topological polar surface area (TPSA) is 30.7 Å². The van der Waals surface area contributed by atoms with Gasteiger partial charge >= 0.3 is 5.97 Å². The Kier molecular flexibility index (Phi) is 6.82. The van der Waals surface area contributed by atoms with Crippen LogP contribution in [0.1, 0.15) is 36.8 Å². The molecule has 28 heavy (non-hydrogen) atoms. The van der Waals surface area contributed by atoms with E-state index in [1.165, 1.54) is 12.8 Å². The molecule has 2 atom stereocenters. The molecule has 2 saturated heterocycles. The summed E-state index contributed by atoms with van der Waals surface area (Å²) in [5, 5.41) is 0.681. The average Bonchev–Trinajstić information content (AvgIpc) is 2.89. The van der Waals surface area contributed by atoms with Crippen molar-refractivity contribution in [2.75, 3.05) is 7.05 Å². The molecule has 3 nitrogen and oxygen atoms in total. The molecule has 148 valence electrons. The molecule has 0 radical (unpaired) electrons. The Morgan fingerprint density at radius 1 is 1.04 bits per heavy atom. The predicted octanol–water partition coefficient (Wildman–Crippen LogP) is 0.636. The van der Waals surface area contributed by atoms with Crippen molar-refractivity contribution < 1.29 is 26.8 Å². The minimum atomic E-state index is -0.236. The summed E-state index contributed by atoms with van der Waals surface area (Å²) in [6.45, 7) is 0. The van der Waals surface area contributed by atoms with Gasteiger partial charge in [0.15, 0.2) is 0 Å². The number of rotatable bonds is 4. The van der Waals surface area contributed by atoms with Gasteiger partial charge in [-0.2, -0.15) is 0 Å². The minimum Gasteiger partial charge on any atom is -1.00 e. The van der Waals surface area contributed by atoms with E-state index in [4.69, 9.17) is 16.3 Å². The lowest BCUT2D eigenvalue weighted by atomic mass is 9.99. The van der Waals surface area contributed by atoms with Crippen LogP contribution in [0.15, 0.2) is 54.6 Å². The van der Waals surface area contributed by atoms with Gasteiger partial charge in [0.2, 0.25) is 0 Å². The van der Waals surface area contributed by atoms with Crippen molar-refractivity contribution >= 4 is 29.2 Å². The lowest BCUT2D eigenvalue weighted by Gasteiger charge is -2.33. The molecule has 2 fully saturated rings. The summed E-state index contributed by atoms with van der Waals surface area (Å²) in [7, 11) is 2.27. The highest BCUT2D eigenvalue weighted by Crippen LogP contribution is 2.27. The molecule has 0 aliphatic carbocycles. The van der Waals surface area contributed by atoms with Crippen molar-refractivity contribution in [3.63, 3.8) is 0 Å². The molecule has 4 rings (SSSR count). The average molecular weight is 418 g/mol. The van der Waals surface area contributed by atoms with Gasteiger partial charge in [0, 0.05) is 30.7 Å². The fourth-order valence-corrected chi connectivity index (χ4v) is 4.57. The molecule has 5 heteroatoms. The molecule has 0 aromatic heterocycles. The van der Waals surface area contributed by atoms with E-state index < -0.39 is 0 Å². The van der Waals surface area contributed by atoms with Crippen LogP contribution in [0.5, 0.6) is 0 Å². The number of fused-ring (bicyclic) bond motifs is 2. The summed E-state index contributed by atoms with van der Waals surface area (Å²) in [6, 6.07) is 18.5. The Labute approximate surface area is 177 Å². The molecule has 2 heterocycles. The van der Waals surface area contributed by atoms with Crippen LogP contribution >= 0.6 is 11.6 Å². The smallest absolute Gasteiger partial charge is 0.339 e. The van der Waals surface area contributed by atoms with Crippen LogP contribution in [0.25, 0.3) is 11.6 Å². The fraction of sp³-hybridized carbons (Fsp3) is 0.348. The maximum atomic E-state index is 13.1. The van der Waals surface area contributed by atoms with E-state index in [0.717, 1.165) is 24.0 Å². The maximum Gasteiger partial charge on any atom is 0.339 e. The van der Waals surface area contributed by atoms with Crippen molar-refractivity contribution in [3.8, 4) is 0 Å². The number of hydrogen-bond donors (Lipinski definition) is 1. The first kappa shape index (κ1) is 20.9. The van der Waals surface area contributed by atoms with E-state index in [0.29, 0.717) is 22.7 Å². The Hall–Kier alpha value is -1.81. The second-order valence-corrected chi connectivity index (χ2v) is 8.13. The molecule has 2 aromatic rings. The van der Waals surface area contributed by atoms with Crippen LogP contribution < -0.4 is 17.3 Å². The SMILES string of the molecule is C[NH+]1C2CCC1CC(OC(=O)/C(=C/c1ccc(Cl)cc1)c1ccccc1)C2.[Cl-]. The van der Waals surface area contributed by atoms with Crippen molar-refractivity contribution in [1.82, 2.24) is 0 Å². The quantitative estimate of drug-likeness (QED) is 0.449. The van der Waals surface area contributed by atoms with Crippen LogP contribution in [-0.4, -0.2) is 31.2 Å². The third-order valence-electron chi connectivity index (χ3n) is 6.01. The van der Waals surface area contributed by atoms with Gasteiger partial charge in [-0.05, 0) is 29.3 Å². The molecule has 0 saturated carbocycles. The highest BCUT2D eigenvalue weighted by molar-refractivity contribution is 6.30. The molecule has 2 aromatic carbocycles. The summed E-state index contributed by atoms with van der Waals surface area (Å²) in [5.74, 6) is -0.236. The van der Waals surface area contributed by atoms with E-state index in [-0.39, 0.29) is 24.5 Å². The Balaban J connectivity index is 0.00000225. The Morgan fingerprint density at radius 3 is 2.25 bits per heavy atom. The molecular weight excluding hydrogens is 393 g/mol.